The van der Waals surface area contributed by atoms with E-state index in [9.17, 15) is 0 Å². The first kappa shape index (κ1) is 15.8. The molecule has 0 aliphatic carbocycles. The molecule has 0 amide bonds. The van der Waals surface area contributed by atoms with Gasteiger partial charge in [-0.15, -0.1) is 0 Å². The van der Waals surface area contributed by atoms with Crippen molar-refractivity contribution in [1.82, 2.24) is 9.78 Å². The molecule has 0 aliphatic heterocycles. The Labute approximate surface area is 129 Å². The highest BCUT2D eigenvalue weighted by Gasteiger charge is 2.17. The average Bonchev–Trinajstić information content (AvgIpc) is 2.86. The summed E-state index contributed by atoms with van der Waals surface area (Å²) in [7, 11) is 3.30. The molecule has 6 heteroatoms. The fourth-order valence-electron chi connectivity index (χ4n) is 2.25. The van der Waals surface area contributed by atoms with Gasteiger partial charge in [0.25, 0.3) is 0 Å². The van der Waals surface area contributed by atoms with E-state index in [-0.39, 0.29) is 6.04 Å². The van der Waals surface area contributed by atoms with Crippen LogP contribution in [0.5, 0.6) is 5.75 Å². The number of rotatable bonds is 7. The molecular formula is C15H20ClN3O2. The predicted octanol–water partition coefficient (Wildman–Crippen LogP) is 2.43. The Bertz CT molecular complexity index is 586. The number of halogens is 1. The summed E-state index contributed by atoms with van der Waals surface area (Å²) in [6.07, 6.45) is 2.29. The first-order valence-corrected chi connectivity index (χ1v) is 7.12. The van der Waals surface area contributed by atoms with Gasteiger partial charge < -0.3 is 15.2 Å². The van der Waals surface area contributed by atoms with Crippen LogP contribution in [0.15, 0.2) is 30.5 Å². The molecule has 1 aromatic heterocycles. The third-order valence-corrected chi connectivity index (χ3v) is 3.57. The Morgan fingerprint density at radius 2 is 2.19 bits per heavy atom. The van der Waals surface area contributed by atoms with E-state index in [2.05, 4.69) is 5.10 Å². The molecule has 2 aromatic rings. The third-order valence-electron chi connectivity index (χ3n) is 3.28. The number of nitrogens with two attached hydrogens (primary N) is 1. The molecule has 0 radical (unpaired) electrons. The lowest BCUT2D eigenvalue weighted by molar-refractivity contribution is 0.182. The largest absolute Gasteiger partial charge is 0.497 e. The van der Waals surface area contributed by atoms with Gasteiger partial charge in [-0.25, -0.2) is 0 Å². The normalized spacial score (nSPS) is 12.4. The molecule has 5 nitrogen and oxygen atoms in total. The number of hydrogen-bond donors (Lipinski definition) is 1. The minimum absolute atomic E-state index is 0.232. The Kier molecular flexibility index (Phi) is 5.61. The summed E-state index contributed by atoms with van der Waals surface area (Å²) in [5.74, 6) is 0.818. The van der Waals surface area contributed by atoms with Crippen LogP contribution in [0.25, 0.3) is 0 Å². The first-order chi connectivity index (χ1) is 10.2. The zero-order chi connectivity index (χ0) is 15.2. The van der Waals surface area contributed by atoms with Crippen LogP contribution in [0, 0.1) is 0 Å². The number of aromatic nitrogens is 2. The predicted molar refractivity (Wildman–Crippen MR) is 82.7 cm³/mol. The van der Waals surface area contributed by atoms with E-state index in [0.717, 1.165) is 17.0 Å². The second-order valence-electron chi connectivity index (χ2n) is 4.76. The van der Waals surface area contributed by atoms with Crippen molar-refractivity contribution < 1.29 is 9.47 Å². The lowest BCUT2D eigenvalue weighted by Gasteiger charge is -2.15. The van der Waals surface area contributed by atoms with Crippen molar-refractivity contribution in [2.24, 2.45) is 5.73 Å². The molecule has 1 heterocycles. The second kappa shape index (κ2) is 7.45. The molecule has 0 spiro atoms. The van der Waals surface area contributed by atoms with Crippen molar-refractivity contribution in [3.63, 3.8) is 0 Å². The van der Waals surface area contributed by atoms with Gasteiger partial charge in [0.1, 0.15) is 5.75 Å². The summed E-state index contributed by atoms with van der Waals surface area (Å²) >= 11 is 6.21. The van der Waals surface area contributed by atoms with Crippen molar-refractivity contribution >= 4 is 11.6 Å². The number of ether oxygens (including phenoxy) is 2. The van der Waals surface area contributed by atoms with Crippen LogP contribution in [0.2, 0.25) is 5.02 Å². The molecule has 1 aromatic carbocycles. The summed E-state index contributed by atoms with van der Waals surface area (Å²) in [6, 6.07) is 7.62. The zero-order valence-electron chi connectivity index (χ0n) is 12.3. The van der Waals surface area contributed by atoms with Crippen molar-refractivity contribution in [3.8, 4) is 5.75 Å². The molecule has 0 saturated carbocycles. The van der Waals surface area contributed by atoms with E-state index in [4.69, 9.17) is 26.8 Å². The van der Waals surface area contributed by atoms with E-state index in [1.165, 1.54) is 0 Å². The number of hydrogen-bond acceptors (Lipinski definition) is 4. The highest BCUT2D eigenvalue weighted by Crippen LogP contribution is 2.25. The molecule has 2 rings (SSSR count). The van der Waals surface area contributed by atoms with Crippen molar-refractivity contribution in [2.75, 3.05) is 20.8 Å². The summed E-state index contributed by atoms with van der Waals surface area (Å²) in [5, 5.41) is 4.83. The highest BCUT2D eigenvalue weighted by atomic mass is 35.5. The number of methoxy groups -OCH3 is 2. The topological polar surface area (TPSA) is 62.3 Å². The lowest BCUT2D eigenvalue weighted by atomic mass is 10.0. The zero-order valence-corrected chi connectivity index (χ0v) is 13.0. The van der Waals surface area contributed by atoms with Gasteiger partial charge in [-0.2, -0.15) is 5.10 Å². The van der Waals surface area contributed by atoms with Gasteiger partial charge in [0.15, 0.2) is 0 Å². The van der Waals surface area contributed by atoms with Crippen LogP contribution in [0.4, 0.5) is 0 Å². The minimum atomic E-state index is -0.232. The molecule has 0 fully saturated rings. The van der Waals surface area contributed by atoms with Crippen molar-refractivity contribution in [2.45, 2.75) is 19.0 Å². The molecule has 1 unspecified atom stereocenters. The molecular weight excluding hydrogens is 290 g/mol. The van der Waals surface area contributed by atoms with E-state index in [0.29, 0.717) is 24.6 Å². The molecule has 0 saturated heterocycles. The van der Waals surface area contributed by atoms with E-state index in [1.54, 1.807) is 25.1 Å². The van der Waals surface area contributed by atoms with Gasteiger partial charge >= 0.3 is 0 Å². The number of benzene rings is 1. The lowest BCUT2D eigenvalue weighted by Crippen LogP contribution is -2.20. The van der Waals surface area contributed by atoms with Gasteiger partial charge in [-0.05, 0) is 24.1 Å². The Morgan fingerprint density at radius 1 is 1.38 bits per heavy atom. The second-order valence-corrected chi connectivity index (χ2v) is 5.16. The fourth-order valence-corrected chi connectivity index (χ4v) is 2.53. The smallest absolute Gasteiger partial charge is 0.119 e. The van der Waals surface area contributed by atoms with E-state index in [1.807, 2.05) is 24.3 Å². The number of nitrogens with zero attached hydrogens (tertiary/aromatic N) is 2. The first-order valence-electron chi connectivity index (χ1n) is 6.74. The Morgan fingerprint density at radius 3 is 2.90 bits per heavy atom. The Balaban J connectivity index is 2.15. The maximum absolute atomic E-state index is 6.31. The fraction of sp³-hybridized carbons (Fsp3) is 0.400. The summed E-state index contributed by atoms with van der Waals surface area (Å²) in [4.78, 5) is 0. The van der Waals surface area contributed by atoms with Gasteiger partial charge in [0.05, 0.1) is 43.2 Å². The molecule has 0 bridgehead atoms. The van der Waals surface area contributed by atoms with Gasteiger partial charge in [0.2, 0.25) is 0 Å². The molecule has 21 heavy (non-hydrogen) atoms. The van der Waals surface area contributed by atoms with Crippen molar-refractivity contribution in [1.29, 1.82) is 0 Å². The molecule has 114 valence electrons. The molecule has 2 N–H and O–H groups in total. The maximum atomic E-state index is 6.31. The quantitative estimate of drug-likeness (QED) is 0.853. The monoisotopic (exact) mass is 309 g/mol. The Hall–Kier alpha value is -1.56. The van der Waals surface area contributed by atoms with E-state index < -0.39 is 0 Å². The maximum Gasteiger partial charge on any atom is 0.119 e. The molecule has 1 atom stereocenters. The standard InChI is InChI=1S/C15H20ClN3O2/c1-20-7-6-19-15(13(16)10-18-19)14(17)9-11-4-3-5-12(8-11)21-2/h3-5,8,10,14H,6-7,9,17H2,1-2H3. The van der Waals surface area contributed by atoms with Crippen LogP contribution in [-0.2, 0) is 17.7 Å². The van der Waals surface area contributed by atoms with Crippen LogP contribution in [-0.4, -0.2) is 30.6 Å². The average molecular weight is 310 g/mol. The highest BCUT2D eigenvalue weighted by molar-refractivity contribution is 6.31. The van der Waals surface area contributed by atoms with Crippen molar-refractivity contribution in [3.05, 3.63) is 46.7 Å². The summed E-state index contributed by atoms with van der Waals surface area (Å²) < 4.78 is 12.1. The van der Waals surface area contributed by atoms with Gasteiger partial charge in [-0.1, -0.05) is 23.7 Å². The summed E-state index contributed by atoms with van der Waals surface area (Å²) in [6.45, 7) is 1.20. The van der Waals surface area contributed by atoms with Crippen LogP contribution in [0.1, 0.15) is 17.3 Å². The van der Waals surface area contributed by atoms with Gasteiger partial charge in [-0.3, -0.25) is 4.68 Å². The van der Waals surface area contributed by atoms with Crippen LogP contribution in [0.3, 0.4) is 0 Å². The van der Waals surface area contributed by atoms with Crippen LogP contribution >= 0.6 is 11.6 Å². The SMILES string of the molecule is COCCn1ncc(Cl)c1C(N)Cc1cccc(OC)c1. The van der Waals surface area contributed by atoms with E-state index >= 15 is 0 Å². The van der Waals surface area contributed by atoms with Gasteiger partial charge in [0, 0.05) is 7.11 Å². The molecule has 0 aliphatic rings. The summed E-state index contributed by atoms with van der Waals surface area (Å²) in [5.41, 5.74) is 8.23. The van der Waals surface area contributed by atoms with Crippen LogP contribution < -0.4 is 10.5 Å². The third kappa shape index (κ3) is 3.97. The minimum Gasteiger partial charge on any atom is -0.497 e.